The van der Waals surface area contributed by atoms with Crippen molar-refractivity contribution in [1.29, 1.82) is 0 Å². The lowest BCUT2D eigenvalue weighted by Gasteiger charge is -2.06. The van der Waals surface area contributed by atoms with Gasteiger partial charge in [0.25, 0.3) is 0 Å². The van der Waals surface area contributed by atoms with Crippen LogP contribution in [-0.4, -0.2) is 39.1 Å². The molecule has 1 aliphatic heterocycles. The van der Waals surface area contributed by atoms with Gasteiger partial charge in [0.05, 0.1) is 6.61 Å². The Balaban J connectivity index is 1.81. The highest BCUT2D eigenvalue weighted by molar-refractivity contribution is 7.16. The van der Waals surface area contributed by atoms with Gasteiger partial charge in [-0.05, 0) is 12.8 Å². The quantitative estimate of drug-likeness (QED) is 0.895. The summed E-state index contributed by atoms with van der Waals surface area (Å²) in [5.41, 5.74) is 6.07. The zero-order valence-electron chi connectivity index (χ0n) is 11.1. The van der Waals surface area contributed by atoms with Gasteiger partial charge in [0, 0.05) is 25.0 Å². The average Bonchev–Trinajstić information content (AvgIpc) is 3.03. The second kappa shape index (κ2) is 5.52. The maximum Gasteiger partial charge on any atom is 0.234 e. The summed E-state index contributed by atoms with van der Waals surface area (Å²) in [7, 11) is 0. The number of nitrogens with zero attached hydrogens (tertiary/aromatic N) is 4. The first kappa shape index (κ1) is 13.0. The number of aromatic nitrogens is 4. The van der Waals surface area contributed by atoms with Crippen LogP contribution in [0.3, 0.4) is 0 Å². The number of hydrogen-bond acceptors (Lipinski definition) is 6. The van der Waals surface area contributed by atoms with Crippen molar-refractivity contribution in [2.75, 3.05) is 13.2 Å². The molecule has 3 rings (SSSR count). The van der Waals surface area contributed by atoms with Crippen LogP contribution in [0.1, 0.15) is 42.9 Å². The minimum atomic E-state index is 0.187. The van der Waals surface area contributed by atoms with Crippen molar-refractivity contribution in [1.82, 2.24) is 19.8 Å². The van der Waals surface area contributed by atoms with Crippen LogP contribution < -0.4 is 5.73 Å². The molecule has 2 atom stereocenters. The summed E-state index contributed by atoms with van der Waals surface area (Å²) in [6.45, 7) is 3.68. The van der Waals surface area contributed by atoms with E-state index in [9.17, 15) is 0 Å². The lowest BCUT2D eigenvalue weighted by Crippen LogP contribution is -2.22. The van der Waals surface area contributed by atoms with Crippen LogP contribution in [0.5, 0.6) is 0 Å². The number of ether oxygens (including phenoxy) is 1. The molecule has 19 heavy (non-hydrogen) atoms. The third-order valence-electron chi connectivity index (χ3n) is 3.45. The Bertz CT molecular complexity index is 545. The summed E-state index contributed by atoms with van der Waals surface area (Å²) in [6, 6.07) is 0.187. The van der Waals surface area contributed by atoms with Crippen molar-refractivity contribution < 1.29 is 4.74 Å². The third-order valence-corrected chi connectivity index (χ3v) is 4.37. The maximum absolute atomic E-state index is 6.07. The maximum atomic E-state index is 6.07. The van der Waals surface area contributed by atoms with Crippen molar-refractivity contribution in [3.05, 3.63) is 10.8 Å². The topological polar surface area (TPSA) is 78.3 Å². The summed E-state index contributed by atoms with van der Waals surface area (Å²) in [5, 5.41) is 14.1. The Labute approximate surface area is 116 Å². The first-order valence-corrected chi connectivity index (χ1v) is 7.64. The predicted molar refractivity (Wildman–Crippen MR) is 73.4 cm³/mol. The number of nitrogens with two attached hydrogens (primary N) is 1. The predicted octanol–water partition coefficient (Wildman–Crippen LogP) is 1.36. The van der Waals surface area contributed by atoms with Crippen LogP contribution in [-0.2, 0) is 11.2 Å². The normalized spacial score (nSPS) is 21.3. The second-order valence-corrected chi connectivity index (χ2v) is 6.10. The van der Waals surface area contributed by atoms with Crippen molar-refractivity contribution in [2.45, 2.75) is 44.6 Å². The SMILES string of the molecule is CCCC(N)Cc1nn2c(C3CCOC3)nnc2s1. The van der Waals surface area contributed by atoms with Crippen molar-refractivity contribution in [3.8, 4) is 0 Å². The first-order chi connectivity index (χ1) is 9.28. The molecule has 104 valence electrons. The molecule has 0 aromatic carbocycles. The fraction of sp³-hybridized carbons (Fsp3) is 0.750. The molecule has 1 saturated heterocycles. The van der Waals surface area contributed by atoms with Gasteiger partial charge in [-0.2, -0.15) is 9.61 Å². The summed E-state index contributed by atoms with van der Waals surface area (Å²) >= 11 is 1.59. The van der Waals surface area contributed by atoms with Crippen LogP contribution in [0, 0.1) is 0 Å². The van der Waals surface area contributed by atoms with Gasteiger partial charge in [-0.1, -0.05) is 24.7 Å². The van der Waals surface area contributed by atoms with E-state index < -0.39 is 0 Å². The molecule has 1 aliphatic rings. The zero-order chi connectivity index (χ0) is 13.2. The van der Waals surface area contributed by atoms with Gasteiger partial charge in [-0.25, -0.2) is 0 Å². The van der Waals surface area contributed by atoms with Gasteiger partial charge in [-0.15, -0.1) is 10.2 Å². The lowest BCUT2D eigenvalue weighted by molar-refractivity contribution is 0.193. The summed E-state index contributed by atoms with van der Waals surface area (Å²) in [6.07, 6.45) is 3.96. The molecule has 0 spiro atoms. The van der Waals surface area contributed by atoms with Crippen LogP contribution in [0.2, 0.25) is 0 Å². The monoisotopic (exact) mass is 281 g/mol. The van der Waals surface area contributed by atoms with Gasteiger partial charge >= 0.3 is 0 Å². The minimum Gasteiger partial charge on any atom is -0.381 e. The summed E-state index contributed by atoms with van der Waals surface area (Å²) in [4.78, 5) is 0.862. The Morgan fingerprint density at radius 2 is 2.42 bits per heavy atom. The highest BCUT2D eigenvalue weighted by atomic mass is 32.1. The molecule has 6 nitrogen and oxygen atoms in total. The van der Waals surface area contributed by atoms with Gasteiger partial charge in [0.15, 0.2) is 5.82 Å². The van der Waals surface area contributed by atoms with Gasteiger partial charge in [0.1, 0.15) is 5.01 Å². The van der Waals surface area contributed by atoms with E-state index in [0.29, 0.717) is 5.92 Å². The number of fused-ring (bicyclic) bond motifs is 1. The van der Waals surface area contributed by atoms with E-state index in [4.69, 9.17) is 10.5 Å². The largest absolute Gasteiger partial charge is 0.381 e. The number of hydrogen-bond donors (Lipinski definition) is 1. The lowest BCUT2D eigenvalue weighted by atomic mass is 10.1. The van der Waals surface area contributed by atoms with E-state index in [-0.39, 0.29) is 6.04 Å². The third kappa shape index (κ3) is 2.63. The molecule has 2 aromatic rings. The van der Waals surface area contributed by atoms with E-state index in [0.717, 1.165) is 54.7 Å². The second-order valence-electron chi connectivity index (χ2n) is 5.06. The molecule has 0 radical (unpaired) electrons. The van der Waals surface area contributed by atoms with Crippen molar-refractivity contribution in [2.24, 2.45) is 5.73 Å². The molecular weight excluding hydrogens is 262 g/mol. The average molecular weight is 281 g/mol. The fourth-order valence-electron chi connectivity index (χ4n) is 2.44. The summed E-state index contributed by atoms with van der Waals surface area (Å²) < 4.78 is 7.28. The Hall–Kier alpha value is -1.05. The summed E-state index contributed by atoms with van der Waals surface area (Å²) in [5.74, 6) is 1.26. The van der Waals surface area contributed by atoms with Crippen LogP contribution in [0.4, 0.5) is 0 Å². The van der Waals surface area contributed by atoms with Crippen molar-refractivity contribution in [3.63, 3.8) is 0 Å². The molecule has 0 amide bonds. The highest BCUT2D eigenvalue weighted by Gasteiger charge is 2.24. The zero-order valence-corrected chi connectivity index (χ0v) is 11.9. The first-order valence-electron chi connectivity index (χ1n) is 6.82. The van der Waals surface area contributed by atoms with Gasteiger partial charge in [0.2, 0.25) is 4.96 Å². The fourth-order valence-corrected chi connectivity index (χ4v) is 3.38. The molecular formula is C12H19N5OS. The Kier molecular flexibility index (Phi) is 3.76. The molecule has 2 N–H and O–H groups in total. The van der Waals surface area contributed by atoms with Gasteiger partial charge in [-0.3, -0.25) is 0 Å². The van der Waals surface area contributed by atoms with Crippen LogP contribution in [0.15, 0.2) is 0 Å². The molecule has 2 unspecified atom stereocenters. The highest BCUT2D eigenvalue weighted by Crippen LogP contribution is 2.25. The van der Waals surface area contributed by atoms with Gasteiger partial charge < -0.3 is 10.5 Å². The van der Waals surface area contributed by atoms with Crippen molar-refractivity contribution >= 4 is 16.3 Å². The van der Waals surface area contributed by atoms with E-state index in [1.165, 1.54) is 0 Å². The van der Waals surface area contributed by atoms with E-state index >= 15 is 0 Å². The number of rotatable bonds is 5. The molecule has 7 heteroatoms. The Morgan fingerprint density at radius 1 is 1.53 bits per heavy atom. The Morgan fingerprint density at radius 3 is 3.16 bits per heavy atom. The standard InChI is InChI=1S/C12H19N5OS/c1-2-3-9(13)6-10-16-17-11(8-4-5-18-7-8)14-15-12(17)19-10/h8-9H,2-7,13H2,1H3. The minimum absolute atomic E-state index is 0.187. The van der Waals surface area contributed by atoms with Crippen LogP contribution >= 0.6 is 11.3 Å². The van der Waals surface area contributed by atoms with E-state index in [1.807, 2.05) is 4.52 Å². The molecule has 2 aromatic heterocycles. The molecule has 1 fully saturated rings. The molecule has 3 heterocycles. The molecule has 0 aliphatic carbocycles. The van der Waals surface area contributed by atoms with E-state index in [1.54, 1.807) is 11.3 Å². The van der Waals surface area contributed by atoms with E-state index in [2.05, 4.69) is 22.2 Å². The smallest absolute Gasteiger partial charge is 0.234 e. The molecule has 0 bridgehead atoms. The molecule has 0 saturated carbocycles. The van der Waals surface area contributed by atoms with Crippen LogP contribution in [0.25, 0.3) is 4.96 Å².